The number of hydrogen-bond donors (Lipinski definition) is 1. The average molecular weight is 372 g/mol. The third kappa shape index (κ3) is 4.28. The van der Waals surface area contributed by atoms with Gasteiger partial charge in [0.1, 0.15) is 5.69 Å². The number of rotatable bonds is 5. The molecule has 2 heterocycles. The van der Waals surface area contributed by atoms with Gasteiger partial charge in [0.25, 0.3) is 5.91 Å². The summed E-state index contributed by atoms with van der Waals surface area (Å²) in [5.74, 6) is 0.0563. The molecule has 2 N–H and O–H groups in total. The highest BCUT2D eigenvalue weighted by atomic mass is 32.1. The quantitative estimate of drug-likeness (QED) is 0.862. The number of aryl methyl sites for hydroxylation is 1. The van der Waals surface area contributed by atoms with Crippen molar-refractivity contribution in [2.24, 2.45) is 5.73 Å². The lowest BCUT2D eigenvalue weighted by Crippen LogP contribution is -2.51. The van der Waals surface area contributed by atoms with Crippen LogP contribution in [0.15, 0.2) is 29.6 Å². The van der Waals surface area contributed by atoms with E-state index in [4.69, 9.17) is 5.73 Å². The van der Waals surface area contributed by atoms with Crippen LogP contribution in [0.25, 0.3) is 0 Å². The van der Waals surface area contributed by atoms with Crippen LogP contribution >= 0.6 is 11.3 Å². The van der Waals surface area contributed by atoms with Crippen LogP contribution in [0.3, 0.4) is 0 Å². The molecule has 1 aliphatic heterocycles. The number of hydrogen-bond acceptors (Lipinski definition) is 5. The zero-order valence-electron chi connectivity index (χ0n) is 15.0. The summed E-state index contributed by atoms with van der Waals surface area (Å²) < 4.78 is 0. The van der Waals surface area contributed by atoms with Gasteiger partial charge in [-0.2, -0.15) is 0 Å². The number of nitrogens with two attached hydrogens (primary N) is 1. The Morgan fingerprint density at radius 2 is 1.85 bits per heavy atom. The molecule has 1 aromatic heterocycles. The number of carbonyl (C=O) groups excluding carboxylic acids is 2. The number of piperazine rings is 1. The van der Waals surface area contributed by atoms with Gasteiger partial charge in [-0.3, -0.25) is 9.59 Å². The Morgan fingerprint density at radius 3 is 2.54 bits per heavy atom. The van der Waals surface area contributed by atoms with E-state index in [2.05, 4.69) is 4.98 Å². The van der Waals surface area contributed by atoms with E-state index < -0.39 is 0 Å². The smallest absolute Gasteiger partial charge is 0.273 e. The predicted molar refractivity (Wildman–Crippen MR) is 102 cm³/mol. The molecule has 26 heavy (non-hydrogen) atoms. The van der Waals surface area contributed by atoms with E-state index in [-0.39, 0.29) is 11.8 Å². The van der Waals surface area contributed by atoms with Crippen LogP contribution in [0.1, 0.15) is 26.6 Å². The molecule has 0 spiro atoms. The van der Waals surface area contributed by atoms with Crippen LogP contribution < -0.4 is 5.73 Å². The normalized spacial score (nSPS) is 14.5. The standard InChI is InChI=1S/C19H24N4O2S/c1-14-4-2-3-5-15(14)12-18(24)22-8-10-23(11-9-22)19(25)16-13-26-17(21-16)6-7-20/h2-5,13H,6-12,20H2,1H3. The van der Waals surface area contributed by atoms with Gasteiger partial charge in [-0.05, 0) is 24.6 Å². The molecule has 0 saturated carbocycles. The lowest BCUT2D eigenvalue weighted by atomic mass is 10.1. The Balaban J connectivity index is 1.54. The molecule has 0 atom stereocenters. The first kappa shape index (κ1) is 18.5. The molecule has 7 heteroatoms. The minimum Gasteiger partial charge on any atom is -0.339 e. The van der Waals surface area contributed by atoms with Gasteiger partial charge >= 0.3 is 0 Å². The molecule has 2 amide bonds. The van der Waals surface area contributed by atoms with E-state index in [9.17, 15) is 9.59 Å². The van der Waals surface area contributed by atoms with Crippen molar-refractivity contribution in [3.05, 3.63) is 51.5 Å². The molecule has 138 valence electrons. The SMILES string of the molecule is Cc1ccccc1CC(=O)N1CCN(C(=O)c2csc(CCN)n2)CC1. The van der Waals surface area contributed by atoms with Crippen molar-refractivity contribution < 1.29 is 9.59 Å². The summed E-state index contributed by atoms with van der Waals surface area (Å²) in [7, 11) is 0. The van der Waals surface area contributed by atoms with Crippen molar-refractivity contribution in [3.8, 4) is 0 Å². The molecule has 6 nitrogen and oxygen atoms in total. The minimum atomic E-state index is -0.0597. The fraction of sp³-hybridized carbons (Fsp3) is 0.421. The van der Waals surface area contributed by atoms with Gasteiger partial charge in [0.15, 0.2) is 0 Å². The van der Waals surface area contributed by atoms with Gasteiger partial charge in [0.05, 0.1) is 11.4 Å². The second kappa shape index (κ2) is 8.42. The van der Waals surface area contributed by atoms with Gasteiger partial charge in [0.2, 0.25) is 5.91 Å². The molecule has 1 fully saturated rings. The van der Waals surface area contributed by atoms with Crippen LogP contribution in [0.4, 0.5) is 0 Å². The molecule has 0 radical (unpaired) electrons. The van der Waals surface area contributed by atoms with E-state index in [0.717, 1.165) is 16.1 Å². The molecule has 1 saturated heterocycles. The number of nitrogens with zero attached hydrogens (tertiary/aromatic N) is 3. The molecular weight excluding hydrogens is 348 g/mol. The molecule has 3 rings (SSSR count). The van der Waals surface area contributed by atoms with Gasteiger partial charge in [0, 0.05) is 38.0 Å². The van der Waals surface area contributed by atoms with Crippen LogP contribution in [0.2, 0.25) is 0 Å². The highest BCUT2D eigenvalue weighted by Gasteiger charge is 2.26. The molecule has 2 aromatic rings. The van der Waals surface area contributed by atoms with Crippen molar-refractivity contribution in [1.82, 2.24) is 14.8 Å². The first-order valence-electron chi connectivity index (χ1n) is 8.84. The Labute approximate surface area is 157 Å². The van der Waals surface area contributed by atoms with Crippen LogP contribution in [-0.4, -0.2) is 59.3 Å². The summed E-state index contributed by atoms with van der Waals surface area (Å²) in [6.45, 7) is 4.77. The average Bonchev–Trinajstić information content (AvgIpc) is 3.12. The van der Waals surface area contributed by atoms with Crippen molar-refractivity contribution in [1.29, 1.82) is 0 Å². The summed E-state index contributed by atoms with van der Waals surface area (Å²) in [6.07, 6.45) is 1.11. The number of carbonyl (C=O) groups is 2. The molecule has 1 aromatic carbocycles. The molecule has 0 unspecified atom stereocenters. The highest BCUT2D eigenvalue weighted by Crippen LogP contribution is 2.15. The van der Waals surface area contributed by atoms with Crippen molar-refractivity contribution in [2.75, 3.05) is 32.7 Å². The van der Waals surface area contributed by atoms with E-state index in [1.165, 1.54) is 11.3 Å². The summed E-state index contributed by atoms with van der Waals surface area (Å²) in [5.41, 5.74) is 8.21. The van der Waals surface area contributed by atoms with Crippen molar-refractivity contribution in [2.45, 2.75) is 19.8 Å². The van der Waals surface area contributed by atoms with E-state index in [1.54, 1.807) is 10.3 Å². The Bertz CT molecular complexity index is 781. The molecule has 0 bridgehead atoms. The number of benzene rings is 1. The number of aromatic nitrogens is 1. The zero-order chi connectivity index (χ0) is 18.5. The summed E-state index contributed by atoms with van der Waals surface area (Å²) in [5, 5.41) is 2.69. The van der Waals surface area contributed by atoms with Crippen LogP contribution in [-0.2, 0) is 17.6 Å². The van der Waals surface area contributed by atoms with E-state index in [1.807, 2.05) is 36.1 Å². The number of amides is 2. The predicted octanol–water partition coefficient (Wildman–Crippen LogP) is 1.48. The molecule has 1 aliphatic rings. The minimum absolute atomic E-state index is 0.0597. The monoisotopic (exact) mass is 372 g/mol. The third-order valence-electron chi connectivity index (χ3n) is 4.65. The maximum Gasteiger partial charge on any atom is 0.273 e. The van der Waals surface area contributed by atoms with Crippen LogP contribution in [0, 0.1) is 6.92 Å². The van der Waals surface area contributed by atoms with Crippen LogP contribution in [0.5, 0.6) is 0 Å². The number of thiazole rings is 1. The van der Waals surface area contributed by atoms with Gasteiger partial charge < -0.3 is 15.5 Å². The highest BCUT2D eigenvalue weighted by molar-refractivity contribution is 7.09. The molecule has 0 aliphatic carbocycles. The lowest BCUT2D eigenvalue weighted by Gasteiger charge is -2.34. The van der Waals surface area contributed by atoms with Gasteiger partial charge in [-0.15, -0.1) is 11.3 Å². The third-order valence-corrected chi connectivity index (χ3v) is 5.56. The second-order valence-electron chi connectivity index (χ2n) is 6.44. The summed E-state index contributed by atoms with van der Waals surface area (Å²) in [6, 6.07) is 7.95. The Morgan fingerprint density at radius 1 is 1.15 bits per heavy atom. The lowest BCUT2D eigenvalue weighted by molar-refractivity contribution is -0.131. The fourth-order valence-corrected chi connectivity index (χ4v) is 3.84. The fourth-order valence-electron chi connectivity index (χ4n) is 3.05. The largest absolute Gasteiger partial charge is 0.339 e. The second-order valence-corrected chi connectivity index (χ2v) is 7.38. The topological polar surface area (TPSA) is 79.5 Å². The first-order valence-corrected chi connectivity index (χ1v) is 9.72. The molecular formula is C19H24N4O2S. The first-order chi connectivity index (χ1) is 12.6. The Kier molecular flexibility index (Phi) is 6.00. The summed E-state index contributed by atoms with van der Waals surface area (Å²) in [4.78, 5) is 33.1. The Hall–Kier alpha value is -2.25. The van der Waals surface area contributed by atoms with Gasteiger partial charge in [-0.25, -0.2) is 4.98 Å². The summed E-state index contributed by atoms with van der Waals surface area (Å²) >= 11 is 1.47. The zero-order valence-corrected chi connectivity index (χ0v) is 15.8. The van der Waals surface area contributed by atoms with Crippen molar-refractivity contribution in [3.63, 3.8) is 0 Å². The van der Waals surface area contributed by atoms with Crippen molar-refractivity contribution >= 4 is 23.2 Å². The van der Waals surface area contributed by atoms with E-state index in [0.29, 0.717) is 51.3 Å². The maximum absolute atomic E-state index is 12.6. The van der Waals surface area contributed by atoms with Gasteiger partial charge in [-0.1, -0.05) is 24.3 Å². The maximum atomic E-state index is 12.6. The van der Waals surface area contributed by atoms with E-state index >= 15 is 0 Å².